The van der Waals surface area contributed by atoms with E-state index in [-0.39, 0.29) is 5.91 Å². The van der Waals surface area contributed by atoms with Gasteiger partial charge in [-0.2, -0.15) is 0 Å². The number of hydrogen-bond acceptors (Lipinski definition) is 3. The summed E-state index contributed by atoms with van der Waals surface area (Å²) in [6.07, 6.45) is 0.343. The Bertz CT molecular complexity index is 1170. The molecule has 3 aromatic carbocycles. The number of fused-ring (bicyclic) bond motifs is 1. The lowest BCUT2D eigenvalue weighted by atomic mass is 10.0. The van der Waals surface area contributed by atoms with E-state index in [9.17, 15) is 4.79 Å². The number of benzene rings is 3. The first-order valence-electron chi connectivity index (χ1n) is 9.46. The Balaban J connectivity index is 1.69. The molecular weight excluding hydrogens is 400 g/mol. The molecule has 4 aromatic rings. The predicted octanol–water partition coefficient (Wildman–Crippen LogP) is 6.34. The van der Waals surface area contributed by atoms with Crippen molar-refractivity contribution in [2.75, 3.05) is 4.90 Å². The maximum Gasteiger partial charge on any atom is 0.233 e. The standard InChI is InChI=1S/C24H21ClN2OS/c1-16-8-9-19(17(2)12-16)13-23(28)27(15-18-6-4-3-5-7-18)24-26-21-11-10-20(25)14-22(21)29-24/h3-12,14H,13,15H2,1-2H3. The average molecular weight is 421 g/mol. The number of rotatable bonds is 5. The van der Waals surface area contributed by atoms with Crippen LogP contribution in [-0.4, -0.2) is 10.9 Å². The minimum absolute atomic E-state index is 0.0333. The van der Waals surface area contributed by atoms with Crippen LogP contribution in [0.15, 0.2) is 66.7 Å². The van der Waals surface area contributed by atoms with Gasteiger partial charge in [0.1, 0.15) is 0 Å². The van der Waals surface area contributed by atoms with E-state index in [0.29, 0.717) is 23.1 Å². The highest BCUT2D eigenvalue weighted by atomic mass is 35.5. The van der Waals surface area contributed by atoms with Crippen LogP contribution in [0.2, 0.25) is 5.02 Å². The summed E-state index contributed by atoms with van der Waals surface area (Å²) in [5, 5.41) is 1.37. The highest BCUT2D eigenvalue weighted by Gasteiger charge is 2.21. The molecule has 0 unspecified atom stereocenters. The molecule has 0 atom stereocenters. The van der Waals surface area contributed by atoms with Gasteiger partial charge < -0.3 is 0 Å². The molecule has 0 aliphatic heterocycles. The van der Waals surface area contributed by atoms with E-state index in [1.807, 2.05) is 54.6 Å². The van der Waals surface area contributed by atoms with Gasteiger partial charge in [-0.1, -0.05) is 77.0 Å². The summed E-state index contributed by atoms with van der Waals surface area (Å²) >= 11 is 7.63. The second-order valence-corrected chi connectivity index (χ2v) is 8.63. The number of thiazole rings is 1. The fraction of sp³-hybridized carbons (Fsp3) is 0.167. The molecule has 3 nitrogen and oxygen atoms in total. The van der Waals surface area contributed by atoms with Gasteiger partial charge in [-0.15, -0.1) is 0 Å². The van der Waals surface area contributed by atoms with Gasteiger partial charge in [-0.05, 0) is 48.7 Å². The van der Waals surface area contributed by atoms with Crippen molar-refractivity contribution in [2.45, 2.75) is 26.8 Å². The fourth-order valence-corrected chi connectivity index (χ4v) is 4.59. The summed E-state index contributed by atoms with van der Waals surface area (Å²) in [5.74, 6) is 0.0333. The molecule has 0 N–H and O–H groups in total. The Morgan fingerprint density at radius 3 is 2.59 bits per heavy atom. The minimum Gasteiger partial charge on any atom is -0.283 e. The van der Waals surface area contributed by atoms with Gasteiger partial charge in [-0.25, -0.2) is 4.98 Å². The molecule has 4 rings (SSSR count). The van der Waals surface area contributed by atoms with Crippen LogP contribution in [0.3, 0.4) is 0 Å². The zero-order chi connectivity index (χ0) is 20.4. The molecule has 1 amide bonds. The number of nitrogens with zero attached hydrogens (tertiary/aromatic N) is 2. The fourth-order valence-electron chi connectivity index (χ4n) is 3.33. The number of aromatic nitrogens is 1. The Labute approximate surface area is 179 Å². The highest BCUT2D eigenvalue weighted by molar-refractivity contribution is 7.22. The van der Waals surface area contributed by atoms with Crippen LogP contribution in [0, 0.1) is 13.8 Å². The van der Waals surface area contributed by atoms with Gasteiger partial charge >= 0.3 is 0 Å². The van der Waals surface area contributed by atoms with Crippen LogP contribution in [0.1, 0.15) is 22.3 Å². The van der Waals surface area contributed by atoms with Crippen molar-refractivity contribution >= 4 is 44.2 Å². The first-order chi connectivity index (χ1) is 14.0. The molecule has 0 bridgehead atoms. The molecule has 29 heavy (non-hydrogen) atoms. The monoisotopic (exact) mass is 420 g/mol. The van der Waals surface area contributed by atoms with Crippen molar-refractivity contribution in [2.24, 2.45) is 0 Å². The summed E-state index contributed by atoms with van der Waals surface area (Å²) in [6.45, 7) is 4.60. The molecule has 0 aliphatic rings. The van der Waals surface area contributed by atoms with Gasteiger partial charge in [0.15, 0.2) is 5.13 Å². The first-order valence-corrected chi connectivity index (χ1v) is 10.7. The third-order valence-corrected chi connectivity index (χ3v) is 6.17. The number of aryl methyl sites for hydroxylation is 2. The number of anilines is 1. The van der Waals surface area contributed by atoms with Gasteiger partial charge in [0, 0.05) is 5.02 Å². The third-order valence-electron chi connectivity index (χ3n) is 4.89. The molecule has 5 heteroatoms. The van der Waals surface area contributed by atoms with E-state index in [1.165, 1.54) is 16.9 Å². The molecule has 0 spiro atoms. The minimum atomic E-state index is 0.0333. The Hall–Kier alpha value is -2.69. The van der Waals surface area contributed by atoms with Crippen molar-refractivity contribution in [1.29, 1.82) is 0 Å². The Kier molecular flexibility index (Phi) is 5.65. The lowest BCUT2D eigenvalue weighted by Crippen LogP contribution is -2.31. The second-order valence-electron chi connectivity index (χ2n) is 7.18. The maximum atomic E-state index is 13.4. The number of carbonyl (C=O) groups excluding carboxylic acids is 1. The van der Waals surface area contributed by atoms with Crippen molar-refractivity contribution in [1.82, 2.24) is 4.98 Å². The lowest BCUT2D eigenvalue weighted by Gasteiger charge is -2.20. The van der Waals surface area contributed by atoms with Gasteiger partial charge in [0.2, 0.25) is 5.91 Å². The van der Waals surface area contributed by atoms with Gasteiger partial charge in [0.05, 0.1) is 23.2 Å². The summed E-state index contributed by atoms with van der Waals surface area (Å²) in [6, 6.07) is 21.8. The van der Waals surface area contributed by atoms with E-state index >= 15 is 0 Å². The number of hydrogen-bond donors (Lipinski definition) is 0. The third kappa shape index (κ3) is 4.50. The van der Waals surface area contributed by atoms with E-state index in [1.54, 1.807) is 4.90 Å². The van der Waals surface area contributed by atoms with E-state index in [0.717, 1.165) is 26.9 Å². The molecule has 0 aliphatic carbocycles. The smallest absolute Gasteiger partial charge is 0.233 e. The number of amides is 1. The summed E-state index contributed by atoms with van der Waals surface area (Å²) < 4.78 is 0.977. The van der Waals surface area contributed by atoms with Gasteiger partial charge in [0.25, 0.3) is 0 Å². The van der Waals surface area contributed by atoms with Crippen molar-refractivity contribution in [3.8, 4) is 0 Å². The van der Waals surface area contributed by atoms with E-state index < -0.39 is 0 Å². The van der Waals surface area contributed by atoms with Crippen LogP contribution >= 0.6 is 22.9 Å². The van der Waals surface area contributed by atoms with Gasteiger partial charge in [-0.3, -0.25) is 9.69 Å². The largest absolute Gasteiger partial charge is 0.283 e. The van der Waals surface area contributed by atoms with Crippen molar-refractivity contribution in [3.05, 3.63) is 94.0 Å². The van der Waals surface area contributed by atoms with Crippen molar-refractivity contribution < 1.29 is 4.79 Å². The molecule has 0 fully saturated rings. The van der Waals surface area contributed by atoms with Crippen molar-refractivity contribution in [3.63, 3.8) is 0 Å². The van der Waals surface area contributed by atoms with Crippen LogP contribution < -0.4 is 4.90 Å². The zero-order valence-electron chi connectivity index (χ0n) is 16.4. The average Bonchev–Trinajstić information content (AvgIpc) is 3.11. The molecule has 0 radical (unpaired) electrons. The predicted molar refractivity (Wildman–Crippen MR) is 122 cm³/mol. The Morgan fingerprint density at radius 2 is 1.83 bits per heavy atom. The summed E-state index contributed by atoms with van der Waals surface area (Å²) in [4.78, 5) is 19.9. The second kappa shape index (κ2) is 8.36. The molecule has 1 aromatic heterocycles. The van der Waals surface area contributed by atoms with Crippen LogP contribution in [0.4, 0.5) is 5.13 Å². The first kappa shape index (κ1) is 19.6. The highest BCUT2D eigenvalue weighted by Crippen LogP contribution is 2.32. The maximum absolute atomic E-state index is 13.4. The molecule has 1 heterocycles. The molecular formula is C24H21ClN2OS. The zero-order valence-corrected chi connectivity index (χ0v) is 17.9. The normalized spacial score (nSPS) is 11.0. The molecule has 146 valence electrons. The molecule has 0 saturated heterocycles. The number of carbonyl (C=O) groups is 1. The quantitative estimate of drug-likeness (QED) is 0.377. The lowest BCUT2D eigenvalue weighted by molar-refractivity contribution is -0.118. The molecule has 0 saturated carbocycles. The summed E-state index contributed by atoms with van der Waals surface area (Å²) in [7, 11) is 0. The van der Waals surface area contributed by atoms with E-state index in [2.05, 4.69) is 26.0 Å². The van der Waals surface area contributed by atoms with Crippen LogP contribution in [-0.2, 0) is 17.8 Å². The van der Waals surface area contributed by atoms with Crippen LogP contribution in [0.25, 0.3) is 10.2 Å². The van der Waals surface area contributed by atoms with Crippen LogP contribution in [0.5, 0.6) is 0 Å². The topological polar surface area (TPSA) is 33.2 Å². The van der Waals surface area contributed by atoms with E-state index in [4.69, 9.17) is 16.6 Å². The Morgan fingerprint density at radius 1 is 1.03 bits per heavy atom. The number of halogens is 1. The summed E-state index contributed by atoms with van der Waals surface area (Å²) in [5.41, 5.74) is 5.30. The SMILES string of the molecule is Cc1ccc(CC(=O)N(Cc2ccccc2)c2nc3ccc(Cl)cc3s2)c(C)c1.